The molecule has 0 rings (SSSR count). The van der Waals surface area contributed by atoms with Crippen LogP contribution < -0.4 is 0 Å². The molecule has 0 amide bonds. The molecule has 0 aliphatic heterocycles. The summed E-state index contributed by atoms with van der Waals surface area (Å²) >= 11 is 0. The molecular weight excluding hydrogens is 708 g/mol. The highest BCUT2D eigenvalue weighted by Crippen LogP contribution is 2.69. The van der Waals surface area contributed by atoms with Crippen molar-refractivity contribution in [2.24, 2.45) is 0 Å². The van der Waals surface area contributed by atoms with Gasteiger partial charge in [0.1, 0.15) is 0 Å². The predicted octanol–water partition coefficient (Wildman–Crippen LogP) is 8.59. The van der Waals surface area contributed by atoms with Gasteiger partial charge in [-0.1, -0.05) is 105 Å². The Morgan fingerprint density at radius 2 is 0.787 bits per heavy atom. The van der Waals surface area contributed by atoms with Gasteiger partial charge in [-0.25, -0.2) is 32.1 Å². The van der Waals surface area contributed by atoms with Gasteiger partial charge in [0.2, 0.25) is 0 Å². The summed E-state index contributed by atoms with van der Waals surface area (Å²) in [5.74, 6) is -6.84. The van der Waals surface area contributed by atoms with E-state index in [1.807, 2.05) is 27.7 Å². The molecule has 0 aliphatic rings. The molecule has 0 aromatic heterocycles. The second-order valence-corrected chi connectivity index (χ2v) is 17.0. The Labute approximate surface area is 278 Å². The molecule has 282 valence electrons. The quantitative estimate of drug-likeness (QED) is 0.0278. The summed E-state index contributed by atoms with van der Waals surface area (Å²) in [5.41, 5.74) is 0. The highest BCUT2D eigenvalue weighted by Gasteiger charge is 2.57. The number of unbranched alkanes of at least 4 members (excludes halogenated alkanes) is 12. The van der Waals surface area contributed by atoms with Crippen LogP contribution in [0.5, 0.6) is 0 Å². The van der Waals surface area contributed by atoms with Crippen LogP contribution >= 0.6 is 31.3 Å². The lowest BCUT2D eigenvalue weighted by atomic mass is 10.2. The van der Waals surface area contributed by atoms with Crippen molar-refractivity contribution in [1.29, 1.82) is 0 Å². The summed E-state index contributed by atoms with van der Waals surface area (Å²) in [7, 11) is -21.8. The zero-order valence-electron chi connectivity index (χ0n) is 28.0. The first-order valence-corrected chi connectivity index (χ1v) is 22.2. The molecule has 47 heavy (non-hydrogen) atoms. The van der Waals surface area contributed by atoms with Crippen LogP contribution in [0.3, 0.4) is 0 Å². The number of carboxylic acid groups (broad SMARTS) is 1. The fourth-order valence-electron chi connectivity index (χ4n) is 3.66. The number of rotatable bonds is 33. The van der Waals surface area contributed by atoms with Crippen molar-refractivity contribution in [3.05, 3.63) is 0 Å². The molecule has 4 atom stereocenters. The third kappa shape index (κ3) is 23.1. The van der Waals surface area contributed by atoms with Crippen LogP contribution in [0.25, 0.3) is 0 Å². The molecule has 0 spiro atoms. The molecule has 0 fully saturated rings. The lowest BCUT2D eigenvalue weighted by Crippen LogP contribution is -2.43. The number of phosphoric acid groups is 4. The van der Waals surface area contributed by atoms with Gasteiger partial charge in [-0.3, -0.25) is 18.1 Å². The molecule has 0 aliphatic carbocycles. The zero-order chi connectivity index (χ0) is 35.9. The molecule has 4 N–H and O–H groups in total. The summed E-state index contributed by atoms with van der Waals surface area (Å²) in [6.45, 7) is 6.15. The summed E-state index contributed by atoms with van der Waals surface area (Å²) in [6, 6.07) is 0. The monoisotopic (exact) mass is 764 g/mol. The Morgan fingerprint density at radius 3 is 1.04 bits per heavy atom. The molecule has 21 heteroatoms. The fourth-order valence-corrected chi connectivity index (χ4v) is 9.13. The van der Waals surface area contributed by atoms with Crippen molar-refractivity contribution in [2.45, 2.75) is 136 Å². The van der Waals surface area contributed by atoms with Crippen LogP contribution in [0.15, 0.2) is 0 Å². The van der Waals surface area contributed by atoms with Crippen molar-refractivity contribution in [1.82, 2.24) is 0 Å². The molecule has 0 aromatic carbocycles. The smallest absolute Gasteiger partial charge is 0.475 e. The minimum absolute atomic E-state index is 0.205. The number of aliphatic carboxylic acids is 1. The maximum Gasteiger partial charge on any atom is 0.488 e. The van der Waals surface area contributed by atoms with Crippen LogP contribution in [0, 0.1) is 0 Å². The fraction of sp³-hybridized carbons (Fsp3) is 0.962. The first kappa shape index (κ1) is 47.0. The van der Waals surface area contributed by atoms with E-state index in [4.69, 9.17) is 18.1 Å². The molecule has 0 aromatic rings. The largest absolute Gasteiger partial charge is 0.488 e. The Balaban J connectivity index is 6.21. The summed E-state index contributed by atoms with van der Waals surface area (Å²) in [5, 5.41) is 20.6. The number of hydrogen-bond acceptors (Lipinski definition) is 14. The number of aliphatic hydroxyl groups is 1. The molecule has 0 radical (unpaired) electrons. The number of phosphoric ester groups is 4. The lowest BCUT2D eigenvalue weighted by Gasteiger charge is -2.30. The summed E-state index contributed by atoms with van der Waals surface area (Å²) < 4.78 is 90.6. The maximum atomic E-state index is 13.6. The van der Waals surface area contributed by atoms with Crippen LogP contribution in [-0.2, 0) is 58.8 Å². The van der Waals surface area contributed by atoms with E-state index in [1.165, 1.54) is 0 Å². The number of carboxylic acids is 1. The molecule has 0 saturated carbocycles. The molecular formula is C26H56O17P4. The van der Waals surface area contributed by atoms with Crippen LogP contribution in [-0.4, -0.2) is 58.4 Å². The Kier molecular flexibility index (Phi) is 25.0. The van der Waals surface area contributed by atoms with Gasteiger partial charge in [0, 0.05) is 0 Å². The zero-order valence-corrected chi connectivity index (χ0v) is 31.6. The van der Waals surface area contributed by atoms with Crippen molar-refractivity contribution in [3.63, 3.8) is 0 Å². The first-order valence-electron chi connectivity index (χ1n) is 16.2. The van der Waals surface area contributed by atoms with Crippen LogP contribution in [0.4, 0.5) is 0 Å². The topological polar surface area (TPSA) is 240 Å². The maximum absolute atomic E-state index is 13.6. The van der Waals surface area contributed by atoms with E-state index in [2.05, 4.69) is 17.7 Å². The minimum Gasteiger partial charge on any atom is -0.475 e. The van der Waals surface area contributed by atoms with Gasteiger partial charge in [0.15, 0.2) is 0 Å². The van der Waals surface area contributed by atoms with Gasteiger partial charge >= 0.3 is 43.2 Å². The molecule has 0 heterocycles. The van der Waals surface area contributed by atoms with Crippen molar-refractivity contribution >= 4 is 37.3 Å². The molecule has 0 saturated heterocycles. The summed E-state index contributed by atoms with van der Waals surface area (Å²) in [4.78, 5) is 32.6. The minimum atomic E-state index is -5.62. The SMILES string of the molecule is CCCCCCOP(=O)(O)OP(=O)(OCCCCCC)OC(O)(OP(=O)(OCCCCCC)OP(=O)(O)OCCCCCC)C(=O)O. The van der Waals surface area contributed by atoms with Crippen LogP contribution in [0.2, 0.25) is 0 Å². The van der Waals surface area contributed by atoms with E-state index >= 15 is 0 Å². The average molecular weight is 765 g/mol. The lowest BCUT2D eigenvalue weighted by molar-refractivity contribution is -0.281. The van der Waals surface area contributed by atoms with E-state index in [-0.39, 0.29) is 26.1 Å². The van der Waals surface area contributed by atoms with E-state index < -0.39 is 56.4 Å². The third-order valence-electron chi connectivity index (χ3n) is 6.15. The second kappa shape index (κ2) is 25.0. The van der Waals surface area contributed by atoms with Crippen molar-refractivity contribution < 1.29 is 78.8 Å². The predicted molar refractivity (Wildman–Crippen MR) is 172 cm³/mol. The van der Waals surface area contributed by atoms with Gasteiger partial charge in [0.25, 0.3) is 0 Å². The third-order valence-corrected chi connectivity index (χ3v) is 12.4. The van der Waals surface area contributed by atoms with E-state index in [0.29, 0.717) is 38.5 Å². The van der Waals surface area contributed by atoms with E-state index in [1.54, 1.807) is 0 Å². The standard InChI is InChI=1S/C26H56O17P4/c1-5-9-13-17-21-36-44(30,31)42-46(34,38-23-19-15-11-7-3)40-26(29,25(27)28)41-47(35,39-24-20-16-12-8-4)43-45(32,33)37-22-18-14-10-6-2/h29H,5-24H2,1-4H3,(H,27,28)(H,30,31)(H,32,33). The van der Waals surface area contributed by atoms with Crippen molar-refractivity contribution in [2.75, 3.05) is 26.4 Å². The first-order chi connectivity index (χ1) is 22.0. The Hall–Kier alpha value is -0.0500. The Bertz CT molecular complexity index is 973. The average Bonchev–Trinajstić information content (AvgIpc) is 2.95. The molecule has 0 bridgehead atoms. The highest BCUT2D eigenvalue weighted by atomic mass is 31.3. The van der Waals surface area contributed by atoms with Gasteiger partial charge in [-0.2, -0.15) is 8.62 Å². The Morgan fingerprint density at radius 1 is 0.511 bits per heavy atom. The van der Waals surface area contributed by atoms with Gasteiger partial charge in [0.05, 0.1) is 26.4 Å². The molecule has 17 nitrogen and oxygen atoms in total. The van der Waals surface area contributed by atoms with E-state index in [0.717, 1.165) is 51.4 Å². The summed E-state index contributed by atoms with van der Waals surface area (Å²) in [6.07, 6.45) is 9.82. The van der Waals surface area contributed by atoms with E-state index in [9.17, 15) is 43.1 Å². The second-order valence-electron chi connectivity index (χ2n) is 10.6. The van der Waals surface area contributed by atoms with Crippen LogP contribution in [0.1, 0.15) is 130 Å². The van der Waals surface area contributed by atoms with Gasteiger partial charge in [-0.05, 0) is 25.7 Å². The van der Waals surface area contributed by atoms with Crippen molar-refractivity contribution in [3.8, 4) is 0 Å². The van der Waals surface area contributed by atoms with Gasteiger partial charge in [-0.15, -0.1) is 0 Å². The normalized spacial score (nSPS) is 18.4. The number of carbonyl (C=O) groups is 1. The number of hydrogen-bond donors (Lipinski definition) is 4. The van der Waals surface area contributed by atoms with Gasteiger partial charge < -0.3 is 20.0 Å². The highest BCUT2D eigenvalue weighted by molar-refractivity contribution is 7.62. The molecule has 4 unspecified atom stereocenters.